The molecule has 0 fully saturated rings. The second kappa shape index (κ2) is 6.89. The molecule has 0 aromatic carbocycles. The van der Waals surface area contributed by atoms with Crippen molar-refractivity contribution in [3.63, 3.8) is 0 Å². The maximum absolute atomic E-state index is 12.5. The maximum Gasteiger partial charge on any atom is 0.255 e. The first-order valence-corrected chi connectivity index (χ1v) is 7.01. The summed E-state index contributed by atoms with van der Waals surface area (Å²) < 4.78 is 5.15. The van der Waals surface area contributed by atoms with Crippen molar-refractivity contribution >= 4 is 5.91 Å². The topological polar surface area (TPSA) is 75.3 Å². The third kappa shape index (κ3) is 3.52. The van der Waals surface area contributed by atoms with Crippen molar-refractivity contribution in [3.05, 3.63) is 57.8 Å². The molecular weight excluding hydrogens is 282 g/mol. The summed E-state index contributed by atoms with van der Waals surface area (Å²) in [6.07, 6.45) is 2.23. The minimum atomic E-state index is -0.203. The molecule has 0 saturated carbocycles. The normalized spacial score (nSPS) is 10.3. The van der Waals surface area contributed by atoms with Gasteiger partial charge in [0.2, 0.25) is 5.56 Å². The summed E-state index contributed by atoms with van der Waals surface area (Å²) in [5.74, 6) is 0.543. The minimum Gasteiger partial charge on any atom is -0.497 e. The molecule has 1 N–H and O–H groups in total. The highest BCUT2D eigenvalue weighted by molar-refractivity contribution is 5.95. The first kappa shape index (κ1) is 15.8. The van der Waals surface area contributed by atoms with E-state index in [0.29, 0.717) is 30.0 Å². The van der Waals surface area contributed by atoms with Crippen LogP contribution >= 0.6 is 0 Å². The van der Waals surface area contributed by atoms with Crippen molar-refractivity contribution in [2.24, 2.45) is 0 Å². The lowest BCUT2D eigenvalue weighted by molar-refractivity contribution is 0.0781. The van der Waals surface area contributed by atoms with Gasteiger partial charge in [-0.2, -0.15) is 0 Å². The standard InChI is InChI=1S/C16H19N3O3/c1-4-14-13(5-6-15(20)18-14)16(21)19(2)10-11-9-12(22-3)7-8-17-11/h5-9H,4,10H2,1-3H3,(H,18,20). The van der Waals surface area contributed by atoms with E-state index in [1.165, 1.54) is 6.07 Å². The van der Waals surface area contributed by atoms with Crippen molar-refractivity contribution in [1.82, 2.24) is 14.9 Å². The Kier molecular flexibility index (Phi) is 4.93. The summed E-state index contributed by atoms with van der Waals surface area (Å²) in [7, 11) is 3.29. The molecule has 0 atom stereocenters. The van der Waals surface area contributed by atoms with Gasteiger partial charge in [0.1, 0.15) is 5.75 Å². The molecule has 0 bridgehead atoms. The number of carbonyl (C=O) groups excluding carboxylic acids is 1. The molecule has 2 aromatic rings. The van der Waals surface area contributed by atoms with E-state index in [1.807, 2.05) is 6.92 Å². The van der Waals surface area contributed by atoms with Gasteiger partial charge in [-0.05, 0) is 18.6 Å². The van der Waals surface area contributed by atoms with Gasteiger partial charge in [-0.3, -0.25) is 14.6 Å². The number of nitrogens with one attached hydrogen (secondary N) is 1. The molecule has 0 spiro atoms. The van der Waals surface area contributed by atoms with Crippen LogP contribution in [-0.4, -0.2) is 34.9 Å². The van der Waals surface area contributed by atoms with Crippen LogP contribution in [0.3, 0.4) is 0 Å². The van der Waals surface area contributed by atoms with Crippen LogP contribution in [0.4, 0.5) is 0 Å². The summed E-state index contributed by atoms with van der Waals surface area (Å²) >= 11 is 0. The lowest BCUT2D eigenvalue weighted by Gasteiger charge is -2.18. The quantitative estimate of drug-likeness (QED) is 0.910. The van der Waals surface area contributed by atoms with Crippen LogP contribution in [0.1, 0.15) is 28.7 Å². The Labute approximate surface area is 128 Å². The second-order valence-electron chi connectivity index (χ2n) is 4.92. The molecule has 116 valence electrons. The zero-order chi connectivity index (χ0) is 16.1. The van der Waals surface area contributed by atoms with E-state index in [0.717, 1.165) is 5.69 Å². The van der Waals surface area contributed by atoms with Crippen molar-refractivity contribution < 1.29 is 9.53 Å². The zero-order valence-electron chi connectivity index (χ0n) is 12.9. The summed E-state index contributed by atoms with van der Waals surface area (Å²) in [4.78, 5) is 32.4. The highest BCUT2D eigenvalue weighted by atomic mass is 16.5. The van der Waals surface area contributed by atoms with E-state index in [2.05, 4.69) is 9.97 Å². The third-order valence-corrected chi connectivity index (χ3v) is 3.35. The van der Waals surface area contributed by atoms with Gasteiger partial charge in [-0.15, -0.1) is 0 Å². The number of ether oxygens (including phenoxy) is 1. The van der Waals surface area contributed by atoms with E-state index in [-0.39, 0.29) is 11.5 Å². The van der Waals surface area contributed by atoms with Gasteiger partial charge in [0.25, 0.3) is 5.91 Å². The van der Waals surface area contributed by atoms with Crippen LogP contribution in [0.15, 0.2) is 35.3 Å². The highest BCUT2D eigenvalue weighted by Gasteiger charge is 2.16. The Balaban J connectivity index is 2.20. The number of methoxy groups -OCH3 is 1. The summed E-state index contributed by atoms with van der Waals surface area (Å²) in [6.45, 7) is 2.25. The average molecular weight is 301 g/mol. The van der Waals surface area contributed by atoms with Crippen LogP contribution in [-0.2, 0) is 13.0 Å². The number of H-pyrrole nitrogens is 1. The van der Waals surface area contributed by atoms with Crippen molar-refractivity contribution in [2.75, 3.05) is 14.2 Å². The van der Waals surface area contributed by atoms with Crippen molar-refractivity contribution in [3.8, 4) is 5.75 Å². The lowest BCUT2D eigenvalue weighted by atomic mass is 10.1. The van der Waals surface area contributed by atoms with Crippen LogP contribution in [0.5, 0.6) is 5.75 Å². The summed E-state index contributed by atoms with van der Waals surface area (Å²) in [6, 6.07) is 6.47. The second-order valence-corrected chi connectivity index (χ2v) is 4.92. The van der Waals surface area contributed by atoms with E-state index < -0.39 is 0 Å². The van der Waals surface area contributed by atoms with Crippen LogP contribution in [0.25, 0.3) is 0 Å². The molecule has 6 nitrogen and oxygen atoms in total. The molecular formula is C16H19N3O3. The molecule has 0 radical (unpaired) electrons. The van der Waals surface area contributed by atoms with Gasteiger partial charge in [-0.25, -0.2) is 0 Å². The van der Waals surface area contributed by atoms with Crippen molar-refractivity contribution in [2.45, 2.75) is 19.9 Å². The number of aromatic amines is 1. The first-order chi connectivity index (χ1) is 10.5. The van der Waals surface area contributed by atoms with Crippen LogP contribution < -0.4 is 10.3 Å². The van der Waals surface area contributed by atoms with Gasteiger partial charge in [0.05, 0.1) is 24.9 Å². The molecule has 2 rings (SSSR count). The molecule has 0 aliphatic heterocycles. The highest BCUT2D eigenvalue weighted by Crippen LogP contribution is 2.13. The molecule has 0 aliphatic rings. The Morgan fingerprint density at radius 3 is 2.82 bits per heavy atom. The number of hydrogen-bond acceptors (Lipinski definition) is 4. The number of hydrogen-bond donors (Lipinski definition) is 1. The molecule has 22 heavy (non-hydrogen) atoms. The molecule has 2 aromatic heterocycles. The SMILES string of the molecule is CCc1[nH]c(=O)ccc1C(=O)N(C)Cc1cc(OC)ccn1. The summed E-state index contributed by atoms with van der Waals surface area (Å²) in [5, 5.41) is 0. The number of carbonyl (C=O) groups is 1. The Hall–Kier alpha value is -2.63. The largest absolute Gasteiger partial charge is 0.497 e. The number of nitrogens with zero attached hydrogens (tertiary/aromatic N) is 2. The first-order valence-electron chi connectivity index (χ1n) is 7.01. The Morgan fingerprint density at radius 2 is 2.14 bits per heavy atom. The fourth-order valence-corrected chi connectivity index (χ4v) is 2.19. The molecule has 0 unspecified atom stereocenters. The number of pyridine rings is 2. The van der Waals surface area contributed by atoms with Crippen molar-refractivity contribution in [1.29, 1.82) is 0 Å². The van der Waals surface area contributed by atoms with Gasteiger partial charge in [0.15, 0.2) is 0 Å². The van der Waals surface area contributed by atoms with Gasteiger partial charge < -0.3 is 14.6 Å². The molecule has 1 amide bonds. The predicted molar refractivity (Wildman–Crippen MR) is 83.0 cm³/mol. The predicted octanol–water partition coefficient (Wildman–Crippen LogP) is 1.61. The summed E-state index contributed by atoms with van der Waals surface area (Å²) in [5.41, 5.74) is 1.68. The lowest BCUT2D eigenvalue weighted by Crippen LogP contribution is -2.28. The number of aromatic nitrogens is 2. The Bertz CT molecular complexity index is 725. The maximum atomic E-state index is 12.5. The number of rotatable bonds is 5. The molecule has 0 aliphatic carbocycles. The number of aryl methyl sites for hydroxylation is 1. The van der Waals surface area contributed by atoms with Gasteiger partial charge >= 0.3 is 0 Å². The average Bonchev–Trinajstić information content (AvgIpc) is 2.54. The monoisotopic (exact) mass is 301 g/mol. The van der Waals surface area contributed by atoms with Gasteiger partial charge in [-0.1, -0.05) is 6.92 Å². The third-order valence-electron chi connectivity index (χ3n) is 3.35. The smallest absolute Gasteiger partial charge is 0.255 e. The van der Waals surface area contributed by atoms with Crippen LogP contribution in [0.2, 0.25) is 0 Å². The fraction of sp³-hybridized carbons (Fsp3) is 0.312. The zero-order valence-corrected chi connectivity index (χ0v) is 12.9. The van der Waals surface area contributed by atoms with E-state index in [4.69, 9.17) is 4.74 Å². The molecule has 2 heterocycles. The Morgan fingerprint density at radius 1 is 1.36 bits per heavy atom. The number of amides is 1. The molecule has 0 saturated heterocycles. The molecule has 6 heteroatoms. The van der Waals surface area contributed by atoms with Gasteiger partial charge in [0, 0.05) is 31.1 Å². The van der Waals surface area contributed by atoms with Crippen LogP contribution in [0, 0.1) is 0 Å². The van der Waals surface area contributed by atoms with E-state index in [9.17, 15) is 9.59 Å². The van der Waals surface area contributed by atoms with E-state index >= 15 is 0 Å². The fourth-order valence-electron chi connectivity index (χ4n) is 2.19. The van der Waals surface area contributed by atoms with E-state index in [1.54, 1.807) is 43.5 Å². The minimum absolute atomic E-state index is 0.155.